The number of urea groups is 1. The van der Waals surface area contributed by atoms with Crippen molar-refractivity contribution in [1.82, 2.24) is 5.06 Å². The van der Waals surface area contributed by atoms with Crippen molar-refractivity contribution in [3.8, 4) is 0 Å². The lowest BCUT2D eigenvalue weighted by molar-refractivity contribution is -0.0598. The van der Waals surface area contributed by atoms with E-state index >= 15 is 0 Å². The summed E-state index contributed by atoms with van der Waals surface area (Å²) in [6.45, 7) is 2.26. The van der Waals surface area contributed by atoms with Gasteiger partial charge in [-0.1, -0.05) is 49.4 Å². The summed E-state index contributed by atoms with van der Waals surface area (Å²) in [7, 11) is 3.02. The molecule has 0 bridgehead atoms. The lowest BCUT2D eigenvalue weighted by Crippen LogP contribution is -2.30. The smallest absolute Gasteiger partial charge is 0.306 e. The Labute approximate surface area is 138 Å². The maximum absolute atomic E-state index is 11.7. The zero-order chi connectivity index (χ0) is 16.7. The molecule has 0 saturated carbocycles. The van der Waals surface area contributed by atoms with Gasteiger partial charge in [0.2, 0.25) is 0 Å². The van der Waals surface area contributed by atoms with Gasteiger partial charge in [-0.25, -0.2) is 9.86 Å². The molecule has 0 radical (unpaired) electrons. The van der Waals surface area contributed by atoms with Gasteiger partial charge >= 0.3 is 6.03 Å². The van der Waals surface area contributed by atoms with E-state index in [2.05, 4.69) is 48.6 Å². The molecule has 23 heavy (non-hydrogen) atoms. The lowest BCUT2D eigenvalue weighted by atomic mass is 9.94. The van der Waals surface area contributed by atoms with Crippen molar-refractivity contribution >= 4 is 11.7 Å². The van der Waals surface area contributed by atoms with Crippen LogP contribution in [-0.4, -0.2) is 25.3 Å². The molecule has 1 unspecified atom stereocenters. The highest BCUT2D eigenvalue weighted by Gasteiger charge is 2.08. The van der Waals surface area contributed by atoms with Gasteiger partial charge in [-0.05, 0) is 42.0 Å². The van der Waals surface area contributed by atoms with Crippen LogP contribution in [0.25, 0.3) is 0 Å². The largest absolute Gasteiger partial charge is 0.345 e. The molecule has 1 N–H and O–H groups in total. The minimum atomic E-state index is -0.294. The summed E-state index contributed by atoms with van der Waals surface area (Å²) in [6, 6.07) is 18.2. The van der Waals surface area contributed by atoms with Crippen LogP contribution in [0.1, 0.15) is 18.1 Å². The van der Waals surface area contributed by atoms with Gasteiger partial charge < -0.3 is 5.32 Å². The fourth-order valence-electron chi connectivity index (χ4n) is 2.50. The van der Waals surface area contributed by atoms with E-state index in [0.717, 1.165) is 23.6 Å². The van der Waals surface area contributed by atoms with Crippen LogP contribution < -0.4 is 5.32 Å². The van der Waals surface area contributed by atoms with Gasteiger partial charge in [0.25, 0.3) is 0 Å². The monoisotopic (exact) mass is 312 g/mol. The van der Waals surface area contributed by atoms with Crippen LogP contribution in [-0.2, 0) is 17.7 Å². The third kappa shape index (κ3) is 5.42. The average Bonchev–Trinajstić information content (AvgIpc) is 2.56. The highest BCUT2D eigenvalue weighted by Crippen LogP contribution is 2.16. The number of benzene rings is 2. The Morgan fingerprint density at radius 2 is 1.61 bits per heavy atom. The number of carbonyl (C=O) groups excluding carboxylic acids is 1. The van der Waals surface area contributed by atoms with Crippen molar-refractivity contribution in [1.29, 1.82) is 0 Å². The van der Waals surface area contributed by atoms with Gasteiger partial charge in [-0.2, -0.15) is 0 Å². The van der Waals surface area contributed by atoms with E-state index < -0.39 is 0 Å². The predicted molar refractivity (Wildman–Crippen MR) is 93.2 cm³/mol. The predicted octanol–water partition coefficient (Wildman–Crippen LogP) is 4.13. The van der Waals surface area contributed by atoms with E-state index in [-0.39, 0.29) is 6.03 Å². The molecular weight excluding hydrogens is 288 g/mol. The Balaban J connectivity index is 1.88. The second-order valence-electron chi connectivity index (χ2n) is 5.81. The molecule has 0 heterocycles. The molecule has 0 saturated heterocycles. The van der Waals surface area contributed by atoms with E-state index in [9.17, 15) is 4.79 Å². The standard InChI is InChI=1S/C19H24N2O2/c1-15(13-16-7-5-4-6-8-16)14-17-9-11-18(12-10-17)20-19(22)21(2)23-3/h4-12,15H,13-14H2,1-3H3,(H,20,22). The molecule has 0 aliphatic rings. The number of hydrogen-bond acceptors (Lipinski definition) is 2. The quantitative estimate of drug-likeness (QED) is 0.815. The Morgan fingerprint density at radius 3 is 2.17 bits per heavy atom. The Kier molecular flexibility index (Phi) is 6.18. The number of carbonyl (C=O) groups is 1. The van der Waals surface area contributed by atoms with Gasteiger partial charge in [-0.3, -0.25) is 4.84 Å². The van der Waals surface area contributed by atoms with Crippen LogP contribution in [0.5, 0.6) is 0 Å². The SMILES string of the molecule is CON(C)C(=O)Nc1ccc(CC(C)Cc2ccccc2)cc1. The number of hydrogen-bond donors (Lipinski definition) is 1. The number of amides is 2. The number of nitrogens with zero attached hydrogens (tertiary/aromatic N) is 1. The maximum atomic E-state index is 11.7. The Hall–Kier alpha value is -2.33. The highest BCUT2D eigenvalue weighted by atomic mass is 16.7. The molecular formula is C19H24N2O2. The van der Waals surface area contributed by atoms with Crippen LogP contribution >= 0.6 is 0 Å². The van der Waals surface area contributed by atoms with E-state index in [4.69, 9.17) is 4.84 Å². The molecule has 2 aromatic carbocycles. The first-order valence-electron chi connectivity index (χ1n) is 7.80. The minimum Gasteiger partial charge on any atom is -0.306 e. The summed E-state index contributed by atoms with van der Waals surface area (Å²) in [5.41, 5.74) is 3.40. The highest BCUT2D eigenvalue weighted by molar-refractivity contribution is 5.88. The fourth-order valence-corrected chi connectivity index (χ4v) is 2.50. The normalized spacial score (nSPS) is 11.8. The molecule has 0 aliphatic heterocycles. The van der Waals surface area contributed by atoms with Crippen molar-refractivity contribution in [3.63, 3.8) is 0 Å². The summed E-state index contributed by atoms with van der Waals surface area (Å²) in [6.07, 6.45) is 2.08. The zero-order valence-corrected chi connectivity index (χ0v) is 14.0. The lowest BCUT2D eigenvalue weighted by Gasteiger charge is -2.15. The maximum Gasteiger partial charge on any atom is 0.345 e. The van der Waals surface area contributed by atoms with Crippen molar-refractivity contribution in [2.75, 3.05) is 19.5 Å². The number of hydroxylamine groups is 2. The zero-order valence-electron chi connectivity index (χ0n) is 14.0. The number of rotatable bonds is 6. The first-order chi connectivity index (χ1) is 11.1. The van der Waals surface area contributed by atoms with Crippen molar-refractivity contribution in [2.24, 2.45) is 5.92 Å². The van der Waals surface area contributed by atoms with Gasteiger partial charge in [0.1, 0.15) is 0 Å². The van der Waals surface area contributed by atoms with Crippen LogP contribution in [0.15, 0.2) is 54.6 Å². The molecule has 2 rings (SSSR count). The first kappa shape index (κ1) is 17.0. The molecule has 2 aromatic rings. The van der Waals surface area contributed by atoms with Crippen molar-refractivity contribution < 1.29 is 9.63 Å². The van der Waals surface area contributed by atoms with Crippen LogP contribution in [0.4, 0.5) is 10.5 Å². The molecule has 0 aromatic heterocycles. The first-order valence-corrected chi connectivity index (χ1v) is 7.80. The van der Waals surface area contributed by atoms with Gasteiger partial charge in [0.15, 0.2) is 0 Å². The molecule has 122 valence electrons. The molecule has 2 amide bonds. The van der Waals surface area contributed by atoms with Crippen molar-refractivity contribution in [2.45, 2.75) is 19.8 Å². The number of anilines is 1. The summed E-state index contributed by atoms with van der Waals surface area (Å²) in [5, 5.41) is 3.92. The second kappa shape index (κ2) is 8.34. The Morgan fingerprint density at radius 1 is 1.04 bits per heavy atom. The van der Waals surface area contributed by atoms with E-state index in [1.807, 2.05) is 18.2 Å². The van der Waals surface area contributed by atoms with E-state index in [0.29, 0.717) is 5.92 Å². The van der Waals surface area contributed by atoms with Crippen LogP contribution in [0.3, 0.4) is 0 Å². The molecule has 0 fully saturated rings. The molecule has 1 atom stereocenters. The van der Waals surface area contributed by atoms with Gasteiger partial charge in [0.05, 0.1) is 7.11 Å². The average molecular weight is 312 g/mol. The summed E-state index contributed by atoms with van der Waals surface area (Å²) in [5.74, 6) is 0.567. The third-order valence-corrected chi connectivity index (χ3v) is 3.78. The summed E-state index contributed by atoms with van der Waals surface area (Å²) < 4.78 is 0. The molecule has 4 heteroatoms. The topological polar surface area (TPSA) is 41.6 Å². The number of nitrogens with one attached hydrogen (secondary N) is 1. The minimum absolute atomic E-state index is 0.294. The molecule has 0 aliphatic carbocycles. The molecule has 4 nitrogen and oxygen atoms in total. The van der Waals surface area contributed by atoms with Crippen molar-refractivity contribution in [3.05, 3.63) is 65.7 Å². The third-order valence-electron chi connectivity index (χ3n) is 3.78. The van der Waals surface area contributed by atoms with Crippen LogP contribution in [0.2, 0.25) is 0 Å². The fraction of sp³-hybridized carbons (Fsp3) is 0.316. The van der Waals surface area contributed by atoms with Gasteiger partial charge in [-0.15, -0.1) is 0 Å². The van der Waals surface area contributed by atoms with E-state index in [1.54, 1.807) is 7.05 Å². The molecule has 0 spiro atoms. The van der Waals surface area contributed by atoms with Gasteiger partial charge in [0, 0.05) is 12.7 Å². The van der Waals surface area contributed by atoms with Crippen LogP contribution in [0, 0.1) is 5.92 Å². The van der Waals surface area contributed by atoms with E-state index in [1.165, 1.54) is 18.2 Å². The summed E-state index contributed by atoms with van der Waals surface area (Å²) in [4.78, 5) is 16.5. The second-order valence-corrected chi connectivity index (χ2v) is 5.81. The summed E-state index contributed by atoms with van der Waals surface area (Å²) >= 11 is 0. The Bertz CT molecular complexity index is 611.